The zero-order valence-corrected chi connectivity index (χ0v) is 16.2. The topological polar surface area (TPSA) is 0 Å². The fraction of sp³-hybridized carbons (Fsp3) is 0.750. The van der Waals surface area contributed by atoms with Crippen molar-refractivity contribution < 1.29 is 0 Å². The summed E-state index contributed by atoms with van der Waals surface area (Å²) in [6.45, 7) is 0. The first-order chi connectivity index (χ1) is 6.46. The summed E-state index contributed by atoms with van der Waals surface area (Å²) in [5.74, 6) is 0. The Morgan fingerprint density at radius 2 is 0.714 bits per heavy atom. The lowest BCUT2D eigenvalue weighted by atomic mass is 10.1. The lowest BCUT2D eigenvalue weighted by Gasteiger charge is -2.22. The van der Waals surface area contributed by atoms with Crippen LogP contribution in [0.3, 0.4) is 0 Å². The van der Waals surface area contributed by atoms with E-state index in [0.29, 0.717) is 29.0 Å². The summed E-state index contributed by atoms with van der Waals surface area (Å²) >= 11 is 22.4. The summed E-state index contributed by atoms with van der Waals surface area (Å²) in [7, 11) is 0. The van der Waals surface area contributed by atoms with Crippen LogP contribution in [0.15, 0.2) is 11.1 Å². The summed E-state index contributed by atoms with van der Waals surface area (Å²) in [6, 6.07) is 0. The van der Waals surface area contributed by atoms with E-state index in [1.807, 2.05) is 0 Å². The molecule has 14 heavy (non-hydrogen) atoms. The number of alkyl halides is 6. The first-order valence-corrected chi connectivity index (χ1v) is 9.54. The monoisotopic (exact) mass is 576 g/mol. The largest absolute Gasteiger partial charge is 0.0859 e. The number of rotatable bonds is 0. The van der Waals surface area contributed by atoms with Crippen LogP contribution in [-0.2, 0) is 0 Å². The molecule has 0 aromatic carbocycles. The average molecular weight is 582 g/mol. The van der Waals surface area contributed by atoms with Crippen LogP contribution in [0, 0.1) is 0 Å². The van der Waals surface area contributed by atoms with E-state index in [9.17, 15) is 0 Å². The average Bonchev–Trinajstić information content (AvgIpc) is 2.51. The fourth-order valence-electron chi connectivity index (χ4n) is 1.92. The third-order valence-electron chi connectivity index (χ3n) is 2.64. The molecular weight excluding hydrogens is 576 g/mol. The molecule has 0 N–H and O–H groups in total. The van der Waals surface area contributed by atoms with Crippen LogP contribution < -0.4 is 0 Å². The van der Waals surface area contributed by atoms with Gasteiger partial charge in [-0.3, -0.25) is 0 Å². The van der Waals surface area contributed by atoms with Gasteiger partial charge in [0.25, 0.3) is 0 Å². The van der Waals surface area contributed by atoms with Gasteiger partial charge in [0.2, 0.25) is 0 Å². The molecule has 80 valence electrons. The molecule has 0 saturated carbocycles. The van der Waals surface area contributed by atoms with E-state index in [0.717, 1.165) is 0 Å². The van der Waals surface area contributed by atoms with Crippen molar-refractivity contribution in [2.75, 3.05) is 0 Å². The lowest BCUT2D eigenvalue weighted by molar-refractivity contribution is 0.865. The van der Waals surface area contributed by atoms with Crippen molar-refractivity contribution in [2.24, 2.45) is 0 Å². The molecule has 6 atom stereocenters. The van der Waals surface area contributed by atoms with E-state index in [2.05, 4.69) is 95.6 Å². The van der Waals surface area contributed by atoms with Gasteiger partial charge in [0, 0.05) is 9.65 Å². The molecule has 2 aliphatic carbocycles. The quantitative estimate of drug-likeness (QED) is 0.283. The molecule has 0 fully saturated rings. The summed E-state index contributed by atoms with van der Waals surface area (Å²) in [4.78, 5) is 2.52. The number of allylic oxidation sites excluding steroid dienone is 2. The Morgan fingerprint density at radius 3 is 0.929 bits per heavy atom. The van der Waals surface area contributed by atoms with Crippen molar-refractivity contribution in [2.45, 2.75) is 29.0 Å². The van der Waals surface area contributed by atoms with Crippen LogP contribution in [0.2, 0.25) is 0 Å². The zero-order valence-electron chi connectivity index (χ0n) is 6.73. The normalized spacial score (nSPS) is 52.7. The summed E-state index contributed by atoms with van der Waals surface area (Å²) < 4.78 is 0. The first-order valence-electron chi connectivity index (χ1n) is 4.05. The highest BCUT2D eigenvalue weighted by Crippen LogP contribution is 2.54. The van der Waals surface area contributed by atoms with Gasteiger partial charge in [0.15, 0.2) is 0 Å². The third kappa shape index (κ3) is 1.82. The molecule has 0 heterocycles. The lowest BCUT2D eigenvalue weighted by Crippen LogP contribution is -2.29. The molecule has 2 aliphatic rings. The number of hydrogen-bond donors (Lipinski definition) is 0. The van der Waals surface area contributed by atoms with Crippen LogP contribution >= 0.6 is 95.6 Å². The maximum atomic E-state index is 3.74. The van der Waals surface area contributed by atoms with Gasteiger partial charge in [-0.05, 0) is 11.1 Å². The Kier molecular flexibility index (Phi) is 4.40. The smallest absolute Gasteiger partial charge is 0.0508 e. The molecule has 0 saturated heterocycles. The molecule has 0 aliphatic heterocycles. The Bertz CT molecular complexity index is 236. The standard InChI is InChI=1S/C8H6Br6/c9-3-1-2(5(11)7(3)13)6(12)8(14)4(1)10/h3-8H/t3-,4-,5+,6+,7?,8?. The molecule has 0 aromatic rings. The highest BCUT2D eigenvalue weighted by atomic mass is 79.9. The minimum absolute atomic E-state index is 0.411. The van der Waals surface area contributed by atoms with Gasteiger partial charge in [0.1, 0.15) is 0 Å². The van der Waals surface area contributed by atoms with Crippen molar-refractivity contribution >= 4 is 95.6 Å². The maximum absolute atomic E-state index is 3.74. The second kappa shape index (κ2) is 4.71. The molecule has 6 heteroatoms. The minimum Gasteiger partial charge on any atom is -0.0859 e. The molecule has 0 nitrogen and oxygen atoms in total. The van der Waals surface area contributed by atoms with Crippen molar-refractivity contribution in [1.29, 1.82) is 0 Å². The molecule has 0 amide bonds. The SMILES string of the molecule is BrC1[C@H](Br)C2=C([C@@H]1Br)[C@H](Br)C(Br)[C@@H]2Br. The van der Waals surface area contributed by atoms with Crippen LogP contribution in [-0.4, -0.2) is 29.0 Å². The Morgan fingerprint density at radius 1 is 0.500 bits per heavy atom. The number of halogens is 6. The maximum Gasteiger partial charge on any atom is 0.0508 e. The molecule has 2 unspecified atom stereocenters. The predicted octanol–water partition coefficient (Wildman–Crippen LogP) is 4.89. The second-order valence-electron chi connectivity index (χ2n) is 3.41. The van der Waals surface area contributed by atoms with Gasteiger partial charge in [-0.25, -0.2) is 0 Å². The van der Waals surface area contributed by atoms with Gasteiger partial charge in [-0.2, -0.15) is 0 Å². The van der Waals surface area contributed by atoms with E-state index in [4.69, 9.17) is 0 Å². The van der Waals surface area contributed by atoms with Gasteiger partial charge in [-0.15, -0.1) is 0 Å². The van der Waals surface area contributed by atoms with Crippen molar-refractivity contribution in [3.8, 4) is 0 Å². The highest BCUT2D eigenvalue weighted by molar-refractivity contribution is 9.14. The Labute approximate surface area is 134 Å². The van der Waals surface area contributed by atoms with E-state index >= 15 is 0 Å². The zero-order chi connectivity index (χ0) is 10.6. The molecule has 0 radical (unpaired) electrons. The molecule has 0 bridgehead atoms. The Hall–Kier alpha value is 2.62. The van der Waals surface area contributed by atoms with Gasteiger partial charge < -0.3 is 0 Å². The summed E-state index contributed by atoms with van der Waals surface area (Å²) in [6.07, 6.45) is 0. The van der Waals surface area contributed by atoms with Crippen molar-refractivity contribution in [3.63, 3.8) is 0 Å². The molecule has 2 rings (SSSR count). The fourth-order valence-corrected chi connectivity index (χ4v) is 8.01. The van der Waals surface area contributed by atoms with Crippen molar-refractivity contribution in [3.05, 3.63) is 11.1 Å². The van der Waals surface area contributed by atoms with Crippen LogP contribution in [0.4, 0.5) is 0 Å². The molecular formula is C8H6Br6. The first kappa shape index (κ1) is 13.1. The van der Waals surface area contributed by atoms with E-state index in [1.54, 1.807) is 0 Å². The van der Waals surface area contributed by atoms with E-state index in [1.165, 1.54) is 11.1 Å². The number of hydrogen-bond acceptors (Lipinski definition) is 0. The summed E-state index contributed by atoms with van der Waals surface area (Å²) in [5.41, 5.74) is 2.94. The molecule has 0 aromatic heterocycles. The van der Waals surface area contributed by atoms with Crippen LogP contribution in [0.25, 0.3) is 0 Å². The van der Waals surface area contributed by atoms with Crippen LogP contribution in [0.5, 0.6) is 0 Å². The highest BCUT2D eigenvalue weighted by Gasteiger charge is 2.51. The third-order valence-corrected chi connectivity index (χ3v) is 11.8. The minimum atomic E-state index is 0.411. The van der Waals surface area contributed by atoms with E-state index in [-0.39, 0.29) is 0 Å². The van der Waals surface area contributed by atoms with Gasteiger partial charge >= 0.3 is 0 Å². The van der Waals surface area contributed by atoms with E-state index < -0.39 is 0 Å². The Balaban J connectivity index is 2.40. The van der Waals surface area contributed by atoms with Gasteiger partial charge in [0.05, 0.1) is 19.3 Å². The predicted molar refractivity (Wildman–Crippen MR) is 83.3 cm³/mol. The molecule has 0 spiro atoms. The van der Waals surface area contributed by atoms with Crippen molar-refractivity contribution in [1.82, 2.24) is 0 Å². The van der Waals surface area contributed by atoms with Crippen LogP contribution in [0.1, 0.15) is 0 Å². The van der Waals surface area contributed by atoms with Gasteiger partial charge in [-0.1, -0.05) is 95.6 Å². The second-order valence-corrected chi connectivity index (χ2v) is 9.47. The summed E-state index contributed by atoms with van der Waals surface area (Å²) in [5, 5.41) is 0.